The van der Waals surface area contributed by atoms with E-state index in [4.69, 9.17) is 16.3 Å². The molecule has 0 aliphatic heterocycles. The lowest BCUT2D eigenvalue weighted by Crippen LogP contribution is -2.32. The Balaban J connectivity index is 1.81. The number of hydrogen-bond acceptors (Lipinski definition) is 5. The second kappa shape index (κ2) is 9.11. The fourth-order valence-corrected chi connectivity index (χ4v) is 4.47. The highest BCUT2D eigenvalue weighted by Crippen LogP contribution is 2.25. The molecular formula is C22H24ClN3O4S. The maximum absolute atomic E-state index is 12.6. The van der Waals surface area contributed by atoms with Crippen LogP contribution >= 0.6 is 11.6 Å². The maximum Gasteiger partial charge on any atom is 0.284 e. The van der Waals surface area contributed by atoms with Crippen molar-refractivity contribution in [2.24, 2.45) is 7.05 Å². The Morgan fingerprint density at radius 1 is 1.23 bits per heavy atom. The van der Waals surface area contributed by atoms with E-state index >= 15 is 0 Å². The van der Waals surface area contributed by atoms with Crippen LogP contribution in [0.4, 0.5) is 0 Å². The quantitative estimate of drug-likeness (QED) is 0.571. The van der Waals surface area contributed by atoms with Gasteiger partial charge in [-0.15, -0.1) is 0 Å². The molecule has 1 amide bonds. The molecule has 1 N–H and O–H groups in total. The highest BCUT2D eigenvalue weighted by Gasteiger charge is 2.22. The smallest absolute Gasteiger partial charge is 0.284 e. The van der Waals surface area contributed by atoms with Gasteiger partial charge in [-0.25, -0.2) is 18.1 Å². The highest BCUT2D eigenvalue weighted by molar-refractivity contribution is 7.89. The predicted molar refractivity (Wildman–Crippen MR) is 121 cm³/mol. The third kappa shape index (κ3) is 5.45. The molecule has 3 rings (SSSR count). The third-order valence-corrected chi connectivity index (χ3v) is 6.32. The molecule has 2 aromatic carbocycles. The molecule has 7 nitrogen and oxygen atoms in total. The zero-order valence-corrected chi connectivity index (χ0v) is 19.3. The zero-order valence-electron chi connectivity index (χ0n) is 17.7. The molecule has 0 unspecified atom stereocenters. The van der Waals surface area contributed by atoms with Gasteiger partial charge in [0.25, 0.3) is 5.91 Å². The number of imidazole rings is 1. The number of hydrogen-bond donors (Lipinski definition) is 1. The van der Waals surface area contributed by atoms with Crippen LogP contribution < -0.4 is 9.46 Å². The Morgan fingerprint density at radius 3 is 2.65 bits per heavy atom. The number of nitrogens with zero attached hydrogens (tertiary/aromatic N) is 2. The van der Waals surface area contributed by atoms with Crippen LogP contribution in [0.2, 0.25) is 5.02 Å². The first-order chi connectivity index (χ1) is 14.6. The number of amides is 1. The number of rotatable bonds is 7. The highest BCUT2D eigenvalue weighted by atomic mass is 35.5. The van der Waals surface area contributed by atoms with Crippen LogP contribution in [0.1, 0.15) is 41.4 Å². The Labute approximate surface area is 187 Å². The van der Waals surface area contributed by atoms with Gasteiger partial charge in [-0.1, -0.05) is 43.6 Å². The van der Waals surface area contributed by atoms with Crippen molar-refractivity contribution in [3.05, 3.63) is 70.5 Å². The van der Waals surface area contributed by atoms with Gasteiger partial charge in [-0.05, 0) is 41.3 Å². The summed E-state index contributed by atoms with van der Waals surface area (Å²) in [6.45, 7) is 4.19. The molecule has 1 heterocycles. The SMILES string of the molecule is COc1ccc(Cl)c(CS(=O)(=O)NC(=O)c2cn(C)c(-c3cccc(C(C)C)c3)n2)c1. The molecule has 164 valence electrons. The van der Waals surface area contributed by atoms with Gasteiger partial charge in [0.2, 0.25) is 10.0 Å². The summed E-state index contributed by atoms with van der Waals surface area (Å²) in [5.74, 6) is 0.113. The minimum atomic E-state index is -4.00. The second-order valence-corrected chi connectivity index (χ2v) is 9.62. The van der Waals surface area contributed by atoms with Crippen LogP contribution in [-0.2, 0) is 22.8 Å². The first-order valence-electron chi connectivity index (χ1n) is 9.60. The summed E-state index contributed by atoms with van der Waals surface area (Å²) >= 11 is 6.09. The summed E-state index contributed by atoms with van der Waals surface area (Å²) in [6.07, 6.45) is 1.50. The first kappa shape index (κ1) is 22.8. The first-order valence-corrected chi connectivity index (χ1v) is 11.6. The lowest BCUT2D eigenvalue weighted by Gasteiger charge is -2.09. The second-order valence-electron chi connectivity index (χ2n) is 7.49. The number of halogens is 1. The van der Waals surface area contributed by atoms with E-state index in [1.54, 1.807) is 23.7 Å². The van der Waals surface area contributed by atoms with Crippen molar-refractivity contribution >= 4 is 27.5 Å². The van der Waals surface area contributed by atoms with E-state index in [1.807, 2.05) is 24.3 Å². The fraction of sp³-hybridized carbons (Fsp3) is 0.273. The largest absolute Gasteiger partial charge is 0.497 e. The number of methoxy groups -OCH3 is 1. The van der Waals surface area contributed by atoms with Crippen molar-refractivity contribution in [3.8, 4) is 17.1 Å². The van der Waals surface area contributed by atoms with E-state index in [0.717, 1.165) is 11.1 Å². The van der Waals surface area contributed by atoms with E-state index in [9.17, 15) is 13.2 Å². The van der Waals surface area contributed by atoms with Gasteiger partial charge in [0.1, 0.15) is 17.3 Å². The van der Waals surface area contributed by atoms with Crippen LogP contribution in [0.25, 0.3) is 11.4 Å². The maximum atomic E-state index is 12.6. The molecule has 0 bridgehead atoms. The van der Waals surface area contributed by atoms with Gasteiger partial charge < -0.3 is 9.30 Å². The van der Waals surface area contributed by atoms with E-state index < -0.39 is 21.7 Å². The molecule has 0 radical (unpaired) electrons. The van der Waals surface area contributed by atoms with Crippen LogP contribution in [0.5, 0.6) is 5.75 Å². The van der Waals surface area contributed by atoms with E-state index in [-0.39, 0.29) is 10.7 Å². The summed E-state index contributed by atoms with van der Waals surface area (Å²) in [5, 5.41) is 0.267. The number of aryl methyl sites for hydroxylation is 1. The van der Waals surface area contributed by atoms with Crippen molar-refractivity contribution in [1.82, 2.24) is 14.3 Å². The van der Waals surface area contributed by atoms with Gasteiger partial charge in [0.05, 0.1) is 12.9 Å². The van der Waals surface area contributed by atoms with Gasteiger partial charge in [0.15, 0.2) is 0 Å². The minimum absolute atomic E-state index is 0.00719. The Hall–Kier alpha value is -2.84. The summed E-state index contributed by atoms with van der Waals surface area (Å²) in [7, 11) is -0.778. The molecule has 1 aromatic heterocycles. The minimum Gasteiger partial charge on any atom is -0.497 e. The van der Waals surface area contributed by atoms with Gasteiger partial charge in [0, 0.05) is 23.8 Å². The van der Waals surface area contributed by atoms with Crippen LogP contribution in [0, 0.1) is 0 Å². The molecule has 9 heteroatoms. The fourth-order valence-electron chi connectivity index (χ4n) is 3.10. The number of sulfonamides is 1. The topological polar surface area (TPSA) is 90.3 Å². The van der Waals surface area contributed by atoms with Crippen LogP contribution in [0.3, 0.4) is 0 Å². The Morgan fingerprint density at radius 2 is 1.97 bits per heavy atom. The molecule has 0 atom stereocenters. The Kier molecular flexibility index (Phi) is 6.71. The lowest BCUT2D eigenvalue weighted by atomic mass is 10.0. The van der Waals surface area contributed by atoms with Crippen molar-refractivity contribution in [2.75, 3.05) is 7.11 Å². The molecule has 0 aliphatic carbocycles. The molecular weight excluding hydrogens is 438 g/mol. The van der Waals surface area contributed by atoms with Gasteiger partial charge in [-0.2, -0.15) is 0 Å². The molecule has 0 saturated carbocycles. The van der Waals surface area contributed by atoms with E-state index in [2.05, 4.69) is 23.6 Å². The van der Waals surface area contributed by atoms with E-state index in [0.29, 0.717) is 23.1 Å². The summed E-state index contributed by atoms with van der Waals surface area (Å²) < 4.78 is 34.0. The molecule has 0 aliphatic rings. The van der Waals surface area contributed by atoms with Crippen molar-refractivity contribution in [2.45, 2.75) is 25.5 Å². The van der Waals surface area contributed by atoms with Crippen LogP contribution in [0.15, 0.2) is 48.7 Å². The standard InChI is InChI=1S/C22H24ClN3O4S/c1-14(2)15-6-5-7-16(10-15)21-24-20(12-26(21)3)22(27)25-31(28,29)13-17-11-18(30-4)8-9-19(17)23/h5-12,14H,13H2,1-4H3,(H,25,27). The van der Waals surface area contributed by atoms with Gasteiger partial charge in [-0.3, -0.25) is 4.79 Å². The van der Waals surface area contributed by atoms with Gasteiger partial charge >= 0.3 is 0 Å². The average Bonchev–Trinajstić information content (AvgIpc) is 3.11. The number of ether oxygens (including phenoxy) is 1. The normalized spacial score (nSPS) is 11.5. The summed E-state index contributed by atoms with van der Waals surface area (Å²) in [6, 6.07) is 12.6. The molecule has 0 spiro atoms. The van der Waals surface area contributed by atoms with Crippen LogP contribution in [-0.4, -0.2) is 31.0 Å². The van der Waals surface area contributed by atoms with Crippen molar-refractivity contribution in [1.29, 1.82) is 0 Å². The molecule has 0 saturated heterocycles. The Bertz CT molecular complexity index is 1220. The number of benzene rings is 2. The lowest BCUT2D eigenvalue weighted by molar-refractivity contribution is 0.0977. The summed E-state index contributed by atoms with van der Waals surface area (Å²) in [5.41, 5.74) is 2.32. The summed E-state index contributed by atoms with van der Waals surface area (Å²) in [4.78, 5) is 17.0. The number of carbonyl (C=O) groups excluding carboxylic acids is 1. The monoisotopic (exact) mass is 461 g/mol. The zero-order chi connectivity index (χ0) is 22.8. The number of nitrogens with one attached hydrogen (secondary N) is 1. The molecule has 0 fully saturated rings. The molecule has 3 aromatic rings. The third-order valence-electron chi connectivity index (χ3n) is 4.77. The van der Waals surface area contributed by atoms with Crippen molar-refractivity contribution < 1.29 is 17.9 Å². The molecule has 31 heavy (non-hydrogen) atoms. The predicted octanol–water partition coefficient (Wildman–Crippen LogP) is 4.13. The van der Waals surface area contributed by atoms with E-state index in [1.165, 1.54) is 19.4 Å². The average molecular weight is 462 g/mol. The van der Waals surface area contributed by atoms with Crippen molar-refractivity contribution in [3.63, 3.8) is 0 Å². The number of carbonyl (C=O) groups is 1. The number of aromatic nitrogens is 2.